The molecular weight excluding hydrogens is 154 g/mol. The van der Waals surface area contributed by atoms with E-state index in [0.29, 0.717) is 16.9 Å². The topological polar surface area (TPSA) is 58.6 Å². The van der Waals surface area contributed by atoms with Crippen molar-refractivity contribution < 1.29 is 0 Å². The number of nitrogens with one attached hydrogen (secondary N) is 1. The van der Waals surface area contributed by atoms with Crippen LogP contribution >= 0.6 is 0 Å². The molecule has 4 heteroatoms. The molecule has 2 aromatic heterocycles. The molecule has 0 aromatic carbocycles. The predicted octanol–water partition coefficient (Wildman–Crippen LogP) is 0.627. The van der Waals surface area contributed by atoms with Crippen LogP contribution in [-0.4, -0.2) is 15.0 Å². The first-order chi connectivity index (χ1) is 5.77. The van der Waals surface area contributed by atoms with E-state index in [9.17, 15) is 4.79 Å². The van der Waals surface area contributed by atoms with Gasteiger partial charge in [-0.05, 0) is 6.92 Å². The van der Waals surface area contributed by atoms with Gasteiger partial charge in [-0.3, -0.25) is 4.79 Å². The van der Waals surface area contributed by atoms with E-state index in [2.05, 4.69) is 15.0 Å². The second kappa shape index (κ2) is 2.41. The number of pyridine rings is 1. The summed E-state index contributed by atoms with van der Waals surface area (Å²) in [6.45, 7) is 1.78. The highest BCUT2D eigenvalue weighted by atomic mass is 16.1. The van der Waals surface area contributed by atoms with Crippen molar-refractivity contribution in [1.82, 2.24) is 15.0 Å². The Bertz CT molecular complexity index is 475. The Hall–Kier alpha value is -1.71. The van der Waals surface area contributed by atoms with Crippen molar-refractivity contribution in [2.75, 3.05) is 0 Å². The molecule has 0 aliphatic rings. The molecule has 1 N–H and O–H groups in total. The van der Waals surface area contributed by atoms with Gasteiger partial charge in [-0.15, -0.1) is 0 Å². The molecule has 2 aromatic rings. The van der Waals surface area contributed by atoms with E-state index < -0.39 is 0 Å². The summed E-state index contributed by atoms with van der Waals surface area (Å²) in [4.78, 5) is 22.1. The summed E-state index contributed by atoms with van der Waals surface area (Å²) in [6.07, 6.45) is 3.12. The van der Waals surface area contributed by atoms with Gasteiger partial charge >= 0.3 is 0 Å². The molecule has 0 aliphatic heterocycles. The molecule has 0 amide bonds. The van der Waals surface area contributed by atoms with Crippen LogP contribution in [0, 0.1) is 6.92 Å². The number of hydrogen-bond donors (Lipinski definition) is 1. The molecule has 12 heavy (non-hydrogen) atoms. The average Bonchev–Trinajstić information content (AvgIpc) is 2.04. The maximum absolute atomic E-state index is 11.2. The smallest absolute Gasteiger partial charge is 0.192 e. The SMILES string of the molecule is Cc1ncc2c(=O)cc[nH]c2n1. The Morgan fingerprint density at radius 2 is 2.33 bits per heavy atom. The van der Waals surface area contributed by atoms with Crippen LogP contribution in [0.2, 0.25) is 0 Å². The monoisotopic (exact) mass is 161 g/mol. The Morgan fingerprint density at radius 3 is 3.17 bits per heavy atom. The maximum atomic E-state index is 11.2. The summed E-state index contributed by atoms with van der Waals surface area (Å²) in [5.74, 6) is 0.657. The normalized spacial score (nSPS) is 10.4. The summed E-state index contributed by atoms with van der Waals surface area (Å²) in [5.41, 5.74) is 0.541. The van der Waals surface area contributed by atoms with Crippen LogP contribution in [0.15, 0.2) is 23.3 Å². The number of fused-ring (bicyclic) bond motifs is 1. The Balaban J connectivity index is 2.96. The lowest BCUT2D eigenvalue weighted by atomic mass is 10.3. The first kappa shape index (κ1) is 6.97. The second-order valence-corrected chi connectivity index (χ2v) is 2.52. The van der Waals surface area contributed by atoms with Gasteiger partial charge in [0.05, 0.1) is 5.39 Å². The van der Waals surface area contributed by atoms with Crippen molar-refractivity contribution in [3.63, 3.8) is 0 Å². The Labute approximate surface area is 68.3 Å². The van der Waals surface area contributed by atoms with Gasteiger partial charge in [0.1, 0.15) is 11.5 Å². The molecule has 0 atom stereocenters. The molecule has 4 nitrogen and oxygen atoms in total. The zero-order chi connectivity index (χ0) is 8.55. The third-order valence-corrected chi connectivity index (χ3v) is 1.63. The van der Waals surface area contributed by atoms with Gasteiger partial charge in [0.25, 0.3) is 0 Å². The number of H-pyrrole nitrogens is 1. The van der Waals surface area contributed by atoms with Crippen LogP contribution in [0.5, 0.6) is 0 Å². The zero-order valence-corrected chi connectivity index (χ0v) is 6.53. The van der Waals surface area contributed by atoms with Gasteiger partial charge in [0, 0.05) is 18.5 Å². The van der Waals surface area contributed by atoms with E-state index in [1.165, 1.54) is 12.3 Å². The number of nitrogens with zero attached hydrogens (tertiary/aromatic N) is 2. The first-order valence-electron chi connectivity index (χ1n) is 3.58. The minimum Gasteiger partial charge on any atom is -0.346 e. The van der Waals surface area contributed by atoms with Crippen molar-refractivity contribution in [3.8, 4) is 0 Å². The fourth-order valence-corrected chi connectivity index (χ4v) is 1.05. The molecule has 0 radical (unpaired) electrons. The van der Waals surface area contributed by atoms with Gasteiger partial charge in [-0.25, -0.2) is 9.97 Å². The van der Waals surface area contributed by atoms with Crippen LogP contribution in [-0.2, 0) is 0 Å². The molecule has 0 saturated carbocycles. The number of aryl methyl sites for hydroxylation is 1. The van der Waals surface area contributed by atoms with Gasteiger partial charge < -0.3 is 4.98 Å². The summed E-state index contributed by atoms with van der Waals surface area (Å²) >= 11 is 0. The summed E-state index contributed by atoms with van der Waals surface area (Å²) in [6, 6.07) is 1.46. The Kier molecular flexibility index (Phi) is 1.40. The Morgan fingerprint density at radius 1 is 1.50 bits per heavy atom. The molecule has 0 unspecified atom stereocenters. The quantitative estimate of drug-likeness (QED) is 0.616. The number of aromatic amines is 1. The summed E-state index contributed by atoms with van der Waals surface area (Å²) < 4.78 is 0. The first-order valence-corrected chi connectivity index (χ1v) is 3.58. The fourth-order valence-electron chi connectivity index (χ4n) is 1.05. The molecule has 0 fully saturated rings. The average molecular weight is 161 g/mol. The molecule has 2 rings (SSSR count). The zero-order valence-electron chi connectivity index (χ0n) is 6.53. The second-order valence-electron chi connectivity index (χ2n) is 2.52. The van der Waals surface area contributed by atoms with E-state index in [4.69, 9.17) is 0 Å². The lowest BCUT2D eigenvalue weighted by Crippen LogP contribution is -2.02. The molecule has 0 aliphatic carbocycles. The van der Waals surface area contributed by atoms with Crippen molar-refractivity contribution in [1.29, 1.82) is 0 Å². The van der Waals surface area contributed by atoms with Gasteiger partial charge in [0.15, 0.2) is 5.43 Å². The number of hydrogen-bond acceptors (Lipinski definition) is 3. The van der Waals surface area contributed by atoms with E-state index in [-0.39, 0.29) is 5.43 Å². The van der Waals surface area contributed by atoms with Crippen LogP contribution in [0.3, 0.4) is 0 Å². The summed E-state index contributed by atoms with van der Waals surface area (Å²) in [5, 5.41) is 0.531. The minimum atomic E-state index is -0.0521. The lowest BCUT2D eigenvalue weighted by molar-refractivity contribution is 1.07. The molecule has 2 heterocycles. The van der Waals surface area contributed by atoms with E-state index in [1.807, 2.05) is 0 Å². The van der Waals surface area contributed by atoms with Crippen molar-refractivity contribution >= 4 is 11.0 Å². The highest BCUT2D eigenvalue weighted by molar-refractivity contribution is 5.72. The summed E-state index contributed by atoms with van der Waals surface area (Å²) in [7, 11) is 0. The van der Waals surface area contributed by atoms with Crippen LogP contribution in [0.25, 0.3) is 11.0 Å². The fraction of sp³-hybridized carbons (Fsp3) is 0.125. The van der Waals surface area contributed by atoms with E-state index in [1.54, 1.807) is 13.1 Å². The number of aromatic nitrogens is 3. The lowest BCUT2D eigenvalue weighted by Gasteiger charge is -1.95. The van der Waals surface area contributed by atoms with Gasteiger partial charge in [-0.1, -0.05) is 0 Å². The van der Waals surface area contributed by atoms with Crippen LogP contribution < -0.4 is 5.43 Å². The van der Waals surface area contributed by atoms with E-state index in [0.717, 1.165) is 0 Å². The molecule has 60 valence electrons. The standard InChI is InChI=1S/C8H7N3O/c1-5-10-4-6-7(12)2-3-9-8(6)11-5/h2-4H,1H3,(H,9,10,11,12). The third-order valence-electron chi connectivity index (χ3n) is 1.63. The maximum Gasteiger partial charge on any atom is 0.192 e. The number of rotatable bonds is 0. The molecular formula is C8H7N3O. The van der Waals surface area contributed by atoms with Gasteiger partial charge in [-0.2, -0.15) is 0 Å². The van der Waals surface area contributed by atoms with E-state index >= 15 is 0 Å². The van der Waals surface area contributed by atoms with Gasteiger partial charge in [0.2, 0.25) is 0 Å². The predicted molar refractivity (Wildman–Crippen MR) is 44.9 cm³/mol. The highest BCUT2D eigenvalue weighted by Crippen LogP contribution is 2.00. The van der Waals surface area contributed by atoms with Crippen molar-refractivity contribution in [2.24, 2.45) is 0 Å². The van der Waals surface area contributed by atoms with Crippen molar-refractivity contribution in [2.45, 2.75) is 6.92 Å². The molecule has 0 saturated heterocycles. The van der Waals surface area contributed by atoms with Crippen molar-refractivity contribution in [3.05, 3.63) is 34.5 Å². The largest absolute Gasteiger partial charge is 0.346 e. The molecule has 0 spiro atoms. The minimum absolute atomic E-state index is 0.0521. The van der Waals surface area contributed by atoms with Crippen LogP contribution in [0.1, 0.15) is 5.82 Å². The molecule has 0 bridgehead atoms. The highest BCUT2D eigenvalue weighted by Gasteiger charge is 1.98. The van der Waals surface area contributed by atoms with Crippen LogP contribution in [0.4, 0.5) is 0 Å². The third kappa shape index (κ3) is 0.972.